The summed E-state index contributed by atoms with van der Waals surface area (Å²) in [6, 6.07) is 2.05. The number of piperazine rings is 1. The number of hydrogen-bond acceptors (Lipinski definition) is 6. The fourth-order valence-corrected chi connectivity index (χ4v) is 2.32. The predicted molar refractivity (Wildman–Crippen MR) is 83.4 cm³/mol. The molecule has 0 radical (unpaired) electrons. The number of nitrogens with one attached hydrogen (secondary N) is 1. The molecule has 2 heterocycles. The fraction of sp³-hybridized carbons (Fsp3) is 0.714. The van der Waals surface area contributed by atoms with Gasteiger partial charge in [-0.15, -0.1) is 0 Å². The molecule has 0 saturated carbocycles. The lowest BCUT2D eigenvalue weighted by Gasteiger charge is -2.34. The Morgan fingerprint density at radius 3 is 2.60 bits per heavy atom. The molecule has 0 spiro atoms. The molecule has 2 rings (SSSR count). The van der Waals surface area contributed by atoms with Gasteiger partial charge in [0.05, 0.1) is 0 Å². The summed E-state index contributed by atoms with van der Waals surface area (Å²) in [5, 5.41) is 3.35. The highest BCUT2D eigenvalue weighted by Crippen LogP contribution is 2.15. The normalized spacial score (nSPS) is 16.7. The fourth-order valence-electron chi connectivity index (χ4n) is 2.32. The molecule has 1 N–H and O–H groups in total. The van der Waals surface area contributed by atoms with Crippen molar-refractivity contribution in [2.75, 3.05) is 70.1 Å². The van der Waals surface area contributed by atoms with Crippen LogP contribution >= 0.6 is 0 Å². The third-order valence-electron chi connectivity index (χ3n) is 3.66. The highest BCUT2D eigenvalue weighted by molar-refractivity contribution is 5.48. The molecule has 6 nitrogen and oxygen atoms in total. The van der Waals surface area contributed by atoms with Crippen molar-refractivity contribution in [2.45, 2.75) is 6.92 Å². The SMILES string of the molecule is CCN1CCN(c2cc(NCCN(C)C)ncn2)CC1. The van der Waals surface area contributed by atoms with Gasteiger partial charge in [-0.3, -0.25) is 0 Å². The molecule has 1 aromatic rings. The van der Waals surface area contributed by atoms with Gasteiger partial charge in [-0.25, -0.2) is 9.97 Å². The molecule has 0 aliphatic carbocycles. The Kier molecular flexibility index (Phi) is 5.55. The Hall–Kier alpha value is -1.40. The summed E-state index contributed by atoms with van der Waals surface area (Å²) in [4.78, 5) is 15.6. The largest absolute Gasteiger partial charge is 0.369 e. The van der Waals surface area contributed by atoms with Gasteiger partial charge < -0.3 is 20.0 Å². The van der Waals surface area contributed by atoms with Crippen molar-refractivity contribution in [2.24, 2.45) is 0 Å². The van der Waals surface area contributed by atoms with Gasteiger partial charge >= 0.3 is 0 Å². The lowest BCUT2D eigenvalue weighted by molar-refractivity contribution is 0.270. The maximum Gasteiger partial charge on any atom is 0.134 e. The van der Waals surface area contributed by atoms with Crippen LogP contribution in [0.1, 0.15) is 6.92 Å². The highest BCUT2D eigenvalue weighted by atomic mass is 15.3. The summed E-state index contributed by atoms with van der Waals surface area (Å²) in [5.41, 5.74) is 0. The third-order valence-corrected chi connectivity index (χ3v) is 3.66. The van der Waals surface area contributed by atoms with Crippen LogP contribution in [0.2, 0.25) is 0 Å². The van der Waals surface area contributed by atoms with E-state index < -0.39 is 0 Å². The van der Waals surface area contributed by atoms with E-state index in [0.717, 1.165) is 57.4 Å². The predicted octanol–water partition coefficient (Wildman–Crippen LogP) is 0.592. The van der Waals surface area contributed by atoms with Crippen molar-refractivity contribution < 1.29 is 0 Å². The second-order valence-electron chi connectivity index (χ2n) is 5.41. The smallest absolute Gasteiger partial charge is 0.134 e. The second-order valence-corrected chi connectivity index (χ2v) is 5.41. The number of rotatable bonds is 6. The maximum absolute atomic E-state index is 4.40. The monoisotopic (exact) mass is 278 g/mol. The molecule has 0 aromatic carbocycles. The summed E-state index contributed by atoms with van der Waals surface area (Å²) < 4.78 is 0. The van der Waals surface area contributed by atoms with Gasteiger partial charge in [0, 0.05) is 45.3 Å². The van der Waals surface area contributed by atoms with Gasteiger partial charge in [-0.1, -0.05) is 6.92 Å². The molecule has 0 bridgehead atoms. The Morgan fingerprint density at radius 2 is 1.95 bits per heavy atom. The van der Waals surface area contributed by atoms with Gasteiger partial charge in [0.15, 0.2) is 0 Å². The average molecular weight is 278 g/mol. The molecule has 20 heavy (non-hydrogen) atoms. The summed E-state index contributed by atoms with van der Waals surface area (Å²) in [7, 11) is 4.14. The molecule has 1 aliphatic heterocycles. The summed E-state index contributed by atoms with van der Waals surface area (Å²) in [6.07, 6.45) is 1.65. The van der Waals surface area contributed by atoms with Crippen molar-refractivity contribution in [3.8, 4) is 0 Å². The number of nitrogens with zero attached hydrogens (tertiary/aromatic N) is 5. The van der Waals surface area contributed by atoms with Crippen LogP contribution in [-0.2, 0) is 0 Å². The number of likely N-dealkylation sites (N-methyl/N-ethyl adjacent to an activating group) is 2. The average Bonchev–Trinajstić information content (AvgIpc) is 2.47. The highest BCUT2D eigenvalue weighted by Gasteiger charge is 2.16. The van der Waals surface area contributed by atoms with E-state index in [2.05, 4.69) is 57.1 Å². The topological polar surface area (TPSA) is 47.5 Å². The van der Waals surface area contributed by atoms with E-state index in [1.807, 2.05) is 0 Å². The van der Waals surface area contributed by atoms with Crippen LogP contribution in [-0.4, -0.2) is 79.7 Å². The zero-order valence-electron chi connectivity index (χ0n) is 12.8. The molecular weight excluding hydrogens is 252 g/mol. The first-order valence-electron chi connectivity index (χ1n) is 7.37. The van der Waals surface area contributed by atoms with Crippen LogP contribution in [0.5, 0.6) is 0 Å². The lowest BCUT2D eigenvalue weighted by Crippen LogP contribution is -2.46. The van der Waals surface area contributed by atoms with Crippen molar-refractivity contribution in [3.63, 3.8) is 0 Å². The molecule has 112 valence electrons. The van der Waals surface area contributed by atoms with E-state index in [9.17, 15) is 0 Å². The molecule has 6 heteroatoms. The Bertz CT molecular complexity index is 400. The second kappa shape index (κ2) is 7.40. The van der Waals surface area contributed by atoms with E-state index in [1.165, 1.54) is 0 Å². The standard InChI is InChI=1S/C14H26N6/c1-4-19-7-9-20(10-8-19)14-11-13(16-12-17-14)15-5-6-18(2)3/h11-12H,4-10H2,1-3H3,(H,15,16,17). The summed E-state index contributed by atoms with van der Waals surface area (Å²) in [6.45, 7) is 9.56. The summed E-state index contributed by atoms with van der Waals surface area (Å²) >= 11 is 0. The minimum atomic E-state index is 0.896. The van der Waals surface area contributed by atoms with Crippen LogP contribution in [0, 0.1) is 0 Å². The molecule has 0 unspecified atom stereocenters. The van der Waals surface area contributed by atoms with Gasteiger partial charge in [0.2, 0.25) is 0 Å². The van der Waals surface area contributed by atoms with Crippen molar-refractivity contribution in [3.05, 3.63) is 12.4 Å². The maximum atomic E-state index is 4.40. The van der Waals surface area contributed by atoms with Crippen LogP contribution in [0.3, 0.4) is 0 Å². The zero-order valence-corrected chi connectivity index (χ0v) is 12.8. The molecule has 1 aromatic heterocycles. The third kappa shape index (κ3) is 4.31. The van der Waals surface area contributed by atoms with Crippen molar-refractivity contribution in [1.82, 2.24) is 19.8 Å². The van der Waals surface area contributed by atoms with Crippen molar-refractivity contribution in [1.29, 1.82) is 0 Å². The van der Waals surface area contributed by atoms with E-state index in [1.54, 1.807) is 6.33 Å². The summed E-state index contributed by atoms with van der Waals surface area (Å²) in [5.74, 6) is 1.94. The Labute approximate surface area is 121 Å². The Morgan fingerprint density at radius 1 is 1.20 bits per heavy atom. The van der Waals surface area contributed by atoms with Gasteiger partial charge in [0.1, 0.15) is 18.0 Å². The van der Waals surface area contributed by atoms with Gasteiger partial charge in [-0.05, 0) is 20.6 Å². The van der Waals surface area contributed by atoms with Crippen LogP contribution in [0.15, 0.2) is 12.4 Å². The molecule has 0 amide bonds. The first-order valence-corrected chi connectivity index (χ1v) is 7.37. The van der Waals surface area contributed by atoms with Crippen molar-refractivity contribution >= 4 is 11.6 Å². The lowest BCUT2D eigenvalue weighted by atomic mass is 10.3. The van der Waals surface area contributed by atoms with E-state index in [4.69, 9.17) is 0 Å². The molecule has 1 fully saturated rings. The first-order chi connectivity index (χ1) is 9.69. The molecular formula is C14H26N6. The number of hydrogen-bond donors (Lipinski definition) is 1. The van der Waals surface area contributed by atoms with Gasteiger partial charge in [0.25, 0.3) is 0 Å². The Balaban J connectivity index is 1.89. The molecule has 1 aliphatic rings. The zero-order chi connectivity index (χ0) is 14.4. The number of anilines is 2. The van der Waals surface area contributed by atoms with Gasteiger partial charge in [-0.2, -0.15) is 0 Å². The van der Waals surface area contributed by atoms with Crippen LogP contribution in [0.4, 0.5) is 11.6 Å². The number of aromatic nitrogens is 2. The van der Waals surface area contributed by atoms with E-state index in [-0.39, 0.29) is 0 Å². The van der Waals surface area contributed by atoms with E-state index >= 15 is 0 Å². The first kappa shape index (κ1) is 15.0. The molecule has 0 atom stereocenters. The quantitative estimate of drug-likeness (QED) is 0.822. The minimum Gasteiger partial charge on any atom is -0.369 e. The van der Waals surface area contributed by atoms with Crippen LogP contribution < -0.4 is 10.2 Å². The molecule has 1 saturated heterocycles. The van der Waals surface area contributed by atoms with Crippen LogP contribution in [0.25, 0.3) is 0 Å². The minimum absolute atomic E-state index is 0.896. The van der Waals surface area contributed by atoms with E-state index in [0.29, 0.717) is 0 Å².